The van der Waals surface area contributed by atoms with Gasteiger partial charge in [0, 0.05) is 17.2 Å². The molecule has 0 amide bonds. The maximum Gasteiger partial charge on any atom is 0.229 e. The molecular formula is C25H24N4O4S. The molecule has 0 bridgehead atoms. The molecule has 34 heavy (non-hydrogen) atoms. The van der Waals surface area contributed by atoms with E-state index in [1.54, 1.807) is 17.9 Å². The summed E-state index contributed by atoms with van der Waals surface area (Å²) in [5.74, 6) is 1.29. The Bertz CT molecular complexity index is 1630. The number of hydrogen-bond acceptors (Lipinski definition) is 7. The molecule has 174 valence electrons. The lowest BCUT2D eigenvalue weighted by Gasteiger charge is -2.18. The molecule has 8 nitrogen and oxygen atoms in total. The maximum atomic E-state index is 12.8. The molecule has 0 aliphatic heterocycles. The van der Waals surface area contributed by atoms with Gasteiger partial charge in [-0.15, -0.1) is 0 Å². The number of imidazole rings is 1. The third-order valence-corrected chi connectivity index (χ3v) is 7.06. The van der Waals surface area contributed by atoms with E-state index in [1.807, 2.05) is 63.2 Å². The molecule has 0 fully saturated rings. The maximum absolute atomic E-state index is 12.8. The van der Waals surface area contributed by atoms with Gasteiger partial charge in [0.05, 0.1) is 41.6 Å². The molecule has 9 heteroatoms. The second-order valence-corrected chi connectivity index (χ2v) is 10.3. The van der Waals surface area contributed by atoms with Gasteiger partial charge in [-0.3, -0.25) is 4.98 Å². The van der Waals surface area contributed by atoms with Crippen molar-refractivity contribution in [2.45, 2.75) is 32.0 Å². The SMILES string of the molecule is COc1cc2c(cc1-c1c(C)noc1C)ncc1nc(S(C)(=O)=O)n([C@H](C)c3ccccc3)c12. The average Bonchev–Trinajstić information content (AvgIpc) is 3.38. The van der Waals surface area contributed by atoms with Crippen LogP contribution in [0.1, 0.15) is 30.0 Å². The number of benzene rings is 2. The van der Waals surface area contributed by atoms with Gasteiger partial charge in [0.1, 0.15) is 17.0 Å². The van der Waals surface area contributed by atoms with Crippen molar-refractivity contribution in [1.29, 1.82) is 0 Å². The molecule has 0 N–H and O–H groups in total. The van der Waals surface area contributed by atoms with E-state index in [4.69, 9.17) is 9.26 Å². The van der Waals surface area contributed by atoms with Gasteiger partial charge in [-0.1, -0.05) is 35.5 Å². The molecule has 3 heterocycles. The van der Waals surface area contributed by atoms with Gasteiger partial charge in [-0.25, -0.2) is 13.4 Å². The Hall–Kier alpha value is -3.72. The Kier molecular flexibility index (Phi) is 5.16. The highest BCUT2D eigenvalue weighted by Crippen LogP contribution is 2.40. The van der Waals surface area contributed by atoms with Crippen LogP contribution in [-0.2, 0) is 9.84 Å². The van der Waals surface area contributed by atoms with Crippen molar-refractivity contribution in [2.75, 3.05) is 13.4 Å². The van der Waals surface area contributed by atoms with E-state index in [9.17, 15) is 8.42 Å². The lowest BCUT2D eigenvalue weighted by atomic mass is 10.00. The standard InChI is InChI=1S/C25H24N4O4S/c1-14-23(16(3)33-28-14)19-11-20-18(12-22(19)32-4)24-21(13-26-20)27-25(34(5,30)31)29(24)15(2)17-9-7-6-8-10-17/h6-13,15H,1-5H3/t15-/m1/s1. The average molecular weight is 477 g/mol. The molecule has 1 atom stereocenters. The fourth-order valence-corrected chi connectivity index (χ4v) is 5.39. The summed E-state index contributed by atoms with van der Waals surface area (Å²) in [5.41, 5.74) is 5.25. The van der Waals surface area contributed by atoms with Gasteiger partial charge in [0.25, 0.3) is 0 Å². The quantitative estimate of drug-likeness (QED) is 0.356. The van der Waals surface area contributed by atoms with E-state index in [0.29, 0.717) is 28.1 Å². The van der Waals surface area contributed by atoms with Gasteiger partial charge in [0.15, 0.2) is 0 Å². The monoisotopic (exact) mass is 476 g/mol. The summed E-state index contributed by atoms with van der Waals surface area (Å²) in [6.07, 6.45) is 2.79. The Labute approximate surface area is 197 Å². The van der Waals surface area contributed by atoms with Gasteiger partial charge >= 0.3 is 0 Å². The van der Waals surface area contributed by atoms with Crippen LogP contribution < -0.4 is 4.74 Å². The number of ether oxygens (including phenoxy) is 1. The Morgan fingerprint density at radius 3 is 2.44 bits per heavy atom. The molecule has 2 aromatic carbocycles. The van der Waals surface area contributed by atoms with Crippen molar-refractivity contribution in [3.63, 3.8) is 0 Å². The number of aryl methyl sites for hydroxylation is 2. The van der Waals surface area contributed by atoms with Crippen molar-refractivity contribution >= 4 is 31.8 Å². The van der Waals surface area contributed by atoms with Crippen LogP contribution in [0.25, 0.3) is 33.1 Å². The normalized spacial score (nSPS) is 13.0. The highest BCUT2D eigenvalue weighted by molar-refractivity contribution is 7.90. The molecule has 5 rings (SSSR count). The van der Waals surface area contributed by atoms with E-state index < -0.39 is 9.84 Å². The molecule has 0 saturated carbocycles. The number of methoxy groups -OCH3 is 1. The van der Waals surface area contributed by atoms with Crippen LogP contribution in [0.15, 0.2) is 58.3 Å². The first-order valence-electron chi connectivity index (χ1n) is 10.8. The predicted octanol–water partition coefficient (Wildman–Crippen LogP) is 4.88. The predicted molar refractivity (Wildman–Crippen MR) is 130 cm³/mol. The summed E-state index contributed by atoms with van der Waals surface area (Å²) < 4.78 is 38.4. The summed E-state index contributed by atoms with van der Waals surface area (Å²) in [6, 6.07) is 13.3. The highest BCUT2D eigenvalue weighted by Gasteiger charge is 2.26. The van der Waals surface area contributed by atoms with Gasteiger partial charge in [0.2, 0.25) is 15.0 Å². The zero-order valence-electron chi connectivity index (χ0n) is 19.5. The van der Waals surface area contributed by atoms with Crippen molar-refractivity contribution in [1.82, 2.24) is 19.7 Å². The summed E-state index contributed by atoms with van der Waals surface area (Å²) in [5, 5.41) is 4.81. The zero-order valence-corrected chi connectivity index (χ0v) is 20.3. The van der Waals surface area contributed by atoms with E-state index in [-0.39, 0.29) is 11.2 Å². The molecular weight excluding hydrogens is 452 g/mol. The minimum Gasteiger partial charge on any atom is -0.496 e. The molecule has 0 saturated heterocycles. The van der Waals surface area contributed by atoms with E-state index in [2.05, 4.69) is 15.1 Å². The van der Waals surface area contributed by atoms with Crippen molar-refractivity contribution in [3.8, 4) is 16.9 Å². The first-order chi connectivity index (χ1) is 16.2. The molecule has 0 unspecified atom stereocenters. The minimum absolute atomic E-state index is 0.00178. The second kappa shape index (κ2) is 7.95. The molecule has 0 radical (unpaired) electrons. The van der Waals surface area contributed by atoms with Crippen molar-refractivity contribution < 1.29 is 17.7 Å². The topological polar surface area (TPSA) is 100 Å². The zero-order chi connectivity index (χ0) is 24.2. The van der Waals surface area contributed by atoms with E-state index >= 15 is 0 Å². The summed E-state index contributed by atoms with van der Waals surface area (Å²) >= 11 is 0. The third-order valence-electron chi connectivity index (χ3n) is 6.11. The van der Waals surface area contributed by atoms with Crippen molar-refractivity contribution in [3.05, 3.63) is 65.7 Å². The van der Waals surface area contributed by atoms with Crippen LogP contribution in [0.2, 0.25) is 0 Å². The van der Waals surface area contributed by atoms with Gasteiger partial charge < -0.3 is 13.8 Å². The van der Waals surface area contributed by atoms with Crippen molar-refractivity contribution in [2.24, 2.45) is 0 Å². The fraction of sp³-hybridized carbons (Fsp3) is 0.240. The number of rotatable bonds is 5. The van der Waals surface area contributed by atoms with Gasteiger partial charge in [-0.05, 0) is 38.5 Å². The van der Waals surface area contributed by atoms with E-state index in [1.165, 1.54) is 6.26 Å². The number of sulfone groups is 1. The Balaban J connectivity index is 1.88. The van der Waals surface area contributed by atoms with E-state index in [0.717, 1.165) is 27.8 Å². The molecule has 0 spiro atoms. The second-order valence-electron chi connectivity index (χ2n) is 8.38. The molecule has 3 aromatic heterocycles. The minimum atomic E-state index is -3.62. The van der Waals surface area contributed by atoms with Gasteiger partial charge in [-0.2, -0.15) is 0 Å². The number of hydrogen-bond donors (Lipinski definition) is 0. The van der Waals surface area contributed by atoms with Crippen LogP contribution >= 0.6 is 0 Å². The fourth-order valence-electron chi connectivity index (χ4n) is 4.52. The van der Waals surface area contributed by atoms with Crippen LogP contribution in [0.4, 0.5) is 0 Å². The number of aromatic nitrogens is 4. The summed E-state index contributed by atoms with van der Waals surface area (Å²) in [4.78, 5) is 9.09. The first kappa shape index (κ1) is 22.1. The first-order valence-corrected chi connectivity index (χ1v) is 12.7. The van der Waals surface area contributed by atoms with Crippen LogP contribution in [-0.4, -0.2) is 41.5 Å². The number of nitrogens with zero attached hydrogens (tertiary/aromatic N) is 4. The summed E-state index contributed by atoms with van der Waals surface area (Å²) in [7, 11) is -2.02. The number of fused-ring (bicyclic) bond motifs is 3. The Morgan fingerprint density at radius 2 is 1.82 bits per heavy atom. The van der Waals surface area contributed by atoms with Crippen LogP contribution in [0.3, 0.4) is 0 Å². The lowest BCUT2D eigenvalue weighted by Crippen LogP contribution is -2.14. The molecule has 5 aromatic rings. The Morgan fingerprint density at radius 1 is 1.09 bits per heavy atom. The lowest BCUT2D eigenvalue weighted by molar-refractivity contribution is 0.393. The summed E-state index contributed by atoms with van der Waals surface area (Å²) in [6.45, 7) is 5.69. The smallest absolute Gasteiger partial charge is 0.229 e. The third kappa shape index (κ3) is 3.43. The van der Waals surface area contributed by atoms with Crippen LogP contribution in [0, 0.1) is 13.8 Å². The molecule has 0 aliphatic rings. The largest absolute Gasteiger partial charge is 0.496 e. The highest BCUT2D eigenvalue weighted by atomic mass is 32.2. The van der Waals surface area contributed by atoms with Crippen LogP contribution in [0.5, 0.6) is 5.75 Å². The molecule has 0 aliphatic carbocycles. The number of pyridine rings is 1.